The Morgan fingerprint density at radius 2 is 1.57 bits per heavy atom. The van der Waals surface area contributed by atoms with Gasteiger partial charge in [-0.2, -0.15) is 0 Å². The van der Waals surface area contributed by atoms with Gasteiger partial charge in [-0.25, -0.2) is 0 Å². The van der Waals surface area contributed by atoms with Crippen molar-refractivity contribution in [1.82, 2.24) is 0 Å². The molecule has 0 unspecified atom stereocenters. The molecule has 1 heterocycles. The van der Waals surface area contributed by atoms with Gasteiger partial charge in [-0.1, -0.05) is 48.5 Å². The molecule has 2 aromatic carbocycles. The molecule has 0 aromatic heterocycles. The van der Waals surface area contributed by atoms with Gasteiger partial charge in [0.05, 0.1) is 17.8 Å². The van der Waals surface area contributed by atoms with Crippen molar-refractivity contribution in [3.05, 3.63) is 71.8 Å². The number of hydrogen-bond acceptors (Lipinski definition) is 2. The molecule has 28 heavy (non-hydrogen) atoms. The molecule has 0 radical (unpaired) electrons. The molecular formula is C22H28N4O2+2. The monoisotopic (exact) mass is 380 g/mol. The summed E-state index contributed by atoms with van der Waals surface area (Å²) in [5.74, 6) is -0.625. The molecule has 1 saturated heterocycles. The van der Waals surface area contributed by atoms with E-state index in [-0.39, 0.29) is 5.91 Å². The van der Waals surface area contributed by atoms with Gasteiger partial charge in [-0.15, -0.1) is 0 Å². The van der Waals surface area contributed by atoms with Crippen LogP contribution in [0.25, 0.3) is 6.08 Å². The number of amides is 2. The molecule has 0 saturated carbocycles. The van der Waals surface area contributed by atoms with E-state index >= 15 is 0 Å². The molecule has 0 atom stereocenters. The van der Waals surface area contributed by atoms with E-state index in [1.807, 2.05) is 18.2 Å². The second-order valence-electron chi connectivity index (χ2n) is 7.15. The predicted molar refractivity (Wildman–Crippen MR) is 110 cm³/mol. The molecule has 0 aliphatic carbocycles. The molecule has 6 nitrogen and oxygen atoms in total. The predicted octanol–water partition coefficient (Wildman–Crippen LogP) is -0.779. The van der Waals surface area contributed by atoms with Gasteiger partial charge in [0, 0.05) is 0 Å². The Morgan fingerprint density at radius 3 is 2.29 bits per heavy atom. The van der Waals surface area contributed by atoms with Crippen LogP contribution in [0.1, 0.15) is 15.9 Å². The zero-order valence-electron chi connectivity index (χ0n) is 16.0. The van der Waals surface area contributed by atoms with E-state index in [1.165, 1.54) is 15.4 Å². The van der Waals surface area contributed by atoms with Gasteiger partial charge >= 0.3 is 0 Å². The second kappa shape index (κ2) is 9.82. The number of para-hydroxylation sites is 1. The minimum Gasteiger partial charge on any atom is -0.366 e. The highest BCUT2D eigenvalue weighted by atomic mass is 16.2. The molecule has 2 aromatic rings. The molecule has 146 valence electrons. The summed E-state index contributed by atoms with van der Waals surface area (Å²) >= 11 is 0. The number of piperazine rings is 1. The van der Waals surface area contributed by atoms with Gasteiger partial charge in [0.2, 0.25) is 0 Å². The smallest absolute Gasteiger partial charge is 0.279 e. The number of benzene rings is 2. The maximum Gasteiger partial charge on any atom is 0.279 e. The Kier molecular flexibility index (Phi) is 6.94. The molecule has 3 rings (SSSR count). The molecule has 2 amide bonds. The van der Waals surface area contributed by atoms with Gasteiger partial charge in [0.15, 0.2) is 6.54 Å². The molecule has 0 spiro atoms. The van der Waals surface area contributed by atoms with Crippen molar-refractivity contribution in [2.24, 2.45) is 5.73 Å². The molecule has 0 bridgehead atoms. The molecule has 1 fully saturated rings. The SMILES string of the molecule is NC(=O)c1ccccc1NC(=O)C[NH+]1CC[NH+](C/C=C/c2ccccc2)CC1. The highest BCUT2D eigenvalue weighted by Crippen LogP contribution is 2.13. The topological polar surface area (TPSA) is 81.1 Å². The van der Waals surface area contributed by atoms with E-state index in [1.54, 1.807) is 24.3 Å². The van der Waals surface area contributed by atoms with Crippen molar-refractivity contribution in [2.45, 2.75) is 0 Å². The van der Waals surface area contributed by atoms with Gasteiger partial charge in [-0.3, -0.25) is 9.59 Å². The van der Waals surface area contributed by atoms with E-state index in [9.17, 15) is 9.59 Å². The summed E-state index contributed by atoms with van der Waals surface area (Å²) in [5, 5.41) is 2.82. The third-order valence-corrected chi connectivity index (χ3v) is 5.06. The minimum atomic E-state index is -0.538. The summed E-state index contributed by atoms with van der Waals surface area (Å²) in [6, 6.07) is 17.1. The number of anilines is 1. The lowest BCUT2D eigenvalue weighted by atomic mass is 10.1. The van der Waals surface area contributed by atoms with Crippen LogP contribution in [-0.4, -0.2) is 51.1 Å². The normalized spacial score (nSPS) is 19.4. The van der Waals surface area contributed by atoms with Crippen molar-refractivity contribution in [3.8, 4) is 0 Å². The zero-order valence-corrected chi connectivity index (χ0v) is 16.0. The van der Waals surface area contributed by atoms with Crippen LogP contribution in [0.5, 0.6) is 0 Å². The lowest BCUT2D eigenvalue weighted by molar-refractivity contribution is -1.01. The Bertz CT molecular complexity index is 827. The average Bonchev–Trinajstić information content (AvgIpc) is 2.70. The lowest BCUT2D eigenvalue weighted by Gasteiger charge is -2.28. The third-order valence-electron chi connectivity index (χ3n) is 5.06. The van der Waals surface area contributed by atoms with Gasteiger partial charge in [0.1, 0.15) is 26.2 Å². The van der Waals surface area contributed by atoms with Gasteiger partial charge in [-0.05, 0) is 23.8 Å². The summed E-state index contributed by atoms with van der Waals surface area (Å²) in [6.45, 7) is 5.40. The Hall–Kier alpha value is -2.96. The number of rotatable bonds is 7. The van der Waals surface area contributed by atoms with Crippen LogP contribution in [0.2, 0.25) is 0 Å². The van der Waals surface area contributed by atoms with Gasteiger partial charge in [0.25, 0.3) is 11.8 Å². The third kappa shape index (κ3) is 5.77. The van der Waals surface area contributed by atoms with Gasteiger partial charge < -0.3 is 20.9 Å². The van der Waals surface area contributed by atoms with Crippen LogP contribution in [-0.2, 0) is 4.79 Å². The fourth-order valence-electron chi connectivity index (χ4n) is 3.49. The van der Waals surface area contributed by atoms with Crippen LogP contribution in [0.4, 0.5) is 5.69 Å². The van der Waals surface area contributed by atoms with E-state index in [4.69, 9.17) is 5.73 Å². The number of hydrogen-bond donors (Lipinski definition) is 4. The zero-order chi connectivity index (χ0) is 19.8. The van der Waals surface area contributed by atoms with E-state index in [2.05, 4.69) is 29.6 Å². The summed E-state index contributed by atoms with van der Waals surface area (Å²) in [7, 11) is 0. The summed E-state index contributed by atoms with van der Waals surface area (Å²) in [6.07, 6.45) is 4.39. The first-order valence-electron chi connectivity index (χ1n) is 9.69. The van der Waals surface area contributed by atoms with Crippen LogP contribution in [0.15, 0.2) is 60.7 Å². The first-order valence-corrected chi connectivity index (χ1v) is 9.69. The highest BCUT2D eigenvalue weighted by molar-refractivity contribution is 6.03. The fraction of sp³-hybridized carbons (Fsp3) is 0.273. The van der Waals surface area contributed by atoms with Crippen molar-refractivity contribution >= 4 is 23.6 Å². The summed E-state index contributed by atoms with van der Waals surface area (Å²) < 4.78 is 0. The molecular weight excluding hydrogens is 352 g/mol. The van der Waals surface area contributed by atoms with Crippen LogP contribution in [0.3, 0.4) is 0 Å². The Morgan fingerprint density at radius 1 is 0.929 bits per heavy atom. The second-order valence-corrected chi connectivity index (χ2v) is 7.15. The van der Waals surface area contributed by atoms with Crippen LogP contribution in [0, 0.1) is 0 Å². The minimum absolute atomic E-state index is 0.0869. The van der Waals surface area contributed by atoms with E-state index in [0.717, 1.165) is 32.7 Å². The average molecular weight is 380 g/mol. The van der Waals surface area contributed by atoms with Crippen molar-refractivity contribution in [3.63, 3.8) is 0 Å². The Labute approximate surface area is 165 Å². The summed E-state index contributed by atoms with van der Waals surface area (Å²) in [5.41, 5.74) is 7.40. The number of nitrogens with two attached hydrogens (primary N) is 1. The highest BCUT2D eigenvalue weighted by Gasteiger charge is 2.24. The Balaban J connectivity index is 1.42. The van der Waals surface area contributed by atoms with Crippen molar-refractivity contribution < 1.29 is 19.4 Å². The van der Waals surface area contributed by atoms with Crippen molar-refractivity contribution in [2.75, 3.05) is 44.6 Å². The largest absolute Gasteiger partial charge is 0.366 e. The number of primary amides is 1. The standard InChI is InChI=1S/C22H26N4O2/c23-22(28)19-10-4-5-11-20(19)24-21(27)17-26-15-13-25(14-16-26)12-6-9-18-7-2-1-3-8-18/h1-11H,12-17H2,(H2,23,28)(H,24,27)/p+2/b9-6+. The number of carbonyl (C=O) groups is 2. The molecule has 1 aliphatic rings. The fourth-order valence-corrected chi connectivity index (χ4v) is 3.49. The maximum atomic E-state index is 12.4. The first kappa shape index (κ1) is 19.8. The number of nitrogens with one attached hydrogen (secondary N) is 3. The molecule has 5 N–H and O–H groups in total. The van der Waals surface area contributed by atoms with Crippen LogP contribution >= 0.6 is 0 Å². The number of carbonyl (C=O) groups excluding carboxylic acids is 2. The molecule has 6 heteroatoms. The van der Waals surface area contributed by atoms with E-state index < -0.39 is 5.91 Å². The van der Waals surface area contributed by atoms with Crippen LogP contribution < -0.4 is 20.9 Å². The summed E-state index contributed by atoms with van der Waals surface area (Å²) in [4.78, 5) is 26.6. The number of quaternary nitrogens is 2. The van der Waals surface area contributed by atoms with Crippen molar-refractivity contribution in [1.29, 1.82) is 0 Å². The molecule has 1 aliphatic heterocycles. The maximum absolute atomic E-state index is 12.4. The first-order chi connectivity index (χ1) is 13.6. The van der Waals surface area contributed by atoms with E-state index in [0.29, 0.717) is 17.8 Å². The quantitative estimate of drug-likeness (QED) is 0.508. The lowest BCUT2D eigenvalue weighted by Crippen LogP contribution is -3.28.